The third-order valence-electron chi connectivity index (χ3n) is 6.57. The van der Waals surface area contributed by atoms with Crippen LogP contribution in [-0.4, -0.2) is 69.8 Å². The molecule has 37 heavy (non-hydrogen) atoms. The largest absolute Gasteiger partial charge is 0.356 e. The average Bonchev–Trinajstić information content (AvgIpc) is 3.43. The van der Waals surface area contributed by atoms with Gasteiger partial charge < -0.3 is 20.0 Å². The van der Waals surface area contributed by atoms with Crippen molar-refractivity contribution in [1.82, 2.24) is 25.0 Å². The summed E-state index contributed by atoms with van der Waals surface area (Å²) in [5.41, 5.74) is 2.78. The second kappa shape index (κ2) is 9.50. The quantitative estimate of drug-likeness (QED) is 0.675. The van der Waals surface area contributed by atoms with Crippen molar-refractivity contribution in [2.75, 3.05) is 20.1 Å². The molecule has 2 aromatic rings. The number of likely N-dealkylation sites (N-methyl/N-ethyl adjacent to an activating group) is 1. The van der Waals surface area contributed by atoms with Gasteiger partial charge in [0.25, 0.3) is 11.8 Å². The summed E-state index contributed by atoms with van der Waals surface area (Å²) in [6, 6.07) is 7.60. The summed E-state index contributed by atoms with van der Waals surface area (Å²) < 4.78 is 27.3. The second-order valence-corrected chi connectivity index (χ2v) is 9.19. The number of allylic oxidation sites excluding steroid dienone is 3. The van der Waals surface area contributed by atoms with E-state index >= 15 is 0 Å². The van der Waals surface area contributed by atoms with Crippen LogP contribution in [0.3, 0.4) is 0 Å². The number of amides is 2. The number of nitriles is 1. The standard InChI is InChI=1S/C27H24F2N6O2/c1-33-10-11-34-16-19(5-7-24(33)34)3-2-18-4-6-23-22(12-18)21(8-9-31-23)26(37)32-15-25(36)35-17-27(28,29)13-20(35)14-30/h2-12,16,20,24H,13,15,17H2,1H3,(H,32,37). The summed E-state index contributed by atoms with van der Waals surface area (Å²) in [5.74, 6) is -4.37. The Bertz CT molecular complexity index is 1420. The molecular formula is C27H24F2N6O2. The molecule has 2 atom stereocenters. The number of nitrogens with zero attached hydrogens (tertiary/aromatic N) is 5. The lowest BCUT2D eigenvalue weighted by atomic mass is 10.0. The number of rotatable bonds is 5. The molecule has 0 bridgehead atoms. The van der Waals surface area contributed by atoms with Gasteiger partial charge in [0.1, 0.15) is 12.2 Å². The Morgan fingerprint density at radius 2 is 2.11 bits per heavy atom. The van der Waals surface area contributed by atoms with E-state index in [4.69, 9.17) is 5.26 Å². The van der Waals surface area contributed by atoms with Gasteiger partial charge in [-0.15, -0.1) is 0 Å². The second-order valence-electron chi connectivity index (χ2n) is 9.19. The van der Waals surface area contributed by atoms with Gasteiger partial charge in [-0.05, 0) is 35.4 Å². The van der Waals surface area contributed by atoms with Crippen LogP contribution < -0.4 is 5.32 Å². The van der Waals surface area contributed by atoms with E-state index in [1.165, 1.54) is 6.20 Å². The minimum absolute atomic E-state index is 0.185. The molecule has 0 aliphatic carbocycles. The Hall–Kier alpha value is -4.52. The summed E-state index contributed by atoms with van der Waals surface area (Å²) >= 11 is 0. The van der Waals surface area contributed by atoms with Crippen molar-refractivity contribution in [2.45, 2.75) is 24.6 Å². The summed E-state index contributed by atoms with van der Waals surface area (Å²) in [4.78, 5) is 34.7. The number of aromatic nitrogens is 1. The fourth-order valence-electron chi connectivity index (χ4n) is 4.64. The molecule has 1 aromatic heterocycles. The number of halogens is 2. The van der Waals surface area contributed by atoms with E-state index in [9.17, 15) is 18.4 Å². The van der Waals surface area contributed by atoms with Crippen LogP contribution in [0.25, 0.3) is 17.0 Å². The van der Waals surface area contributed by atoms with Gasteiger partial charge >= 0.3 is 0 Å². The summed E-state index contributed by atoms with van der Waals surface area (Å²) in [5, 5.41) is 12.2. The molecule has 1 aromatic carbocycles. The monoisotopic (exact) mass is 502 g/mol. The fraction of sp³-hybridized carbons (Fsp3) is 0.259. The van der Waals surface area contributed by atoms with Gasteiger partial charge in [0, 0.05) is 43.7 Å². The lowest BCUT2D eigenvalue weighted by Gasteiger charge is -2.28. The molecule has 10 heteroatoms. The number of nitrogens with one attached hydrogen (secondary N) is 1. The van der Waals surface area contributed by atoms with Crippen LogP contribution in [0.2, 0.25) is 0 Å². The lowest BCUT2D eigenvalue weighted by Crippen LogP contribution is -2.43. The molecule has 1 N–H and O–H groups in total. The van der Waals surface area contributed by atoms with Crippen LogP contribution in [0, 0.1) is 11.3 Å². The molecule has 1 saturated heterocycles. The zero-order chi connectivity index (χ0) is 26.2. The number of pyridine rings is 1. The molecule has 188 valence electrons. The third-order valence-corrected chi connectivity index (χ3v) is 6.57. The Morgan fingerprint density at radius 1 is 1.27 bits per heavy atom. The Balaban J connectivity index is 1.30. The molecule has 5 rings (SSSR count). The highest BCUT2D eigenvalue weighted by Gasteiger charge is 2.47. The first kappa shape index (κ1) is 24.2. The third kappa shape index (κ3) is 4.93. The van der Waals surface area contributed by atoms with E-state index in [0.29, 0.717) is 16.5 Å². The molecule has 1 fully saturated rings. The Labute approximate surface area is 212 Å². The summed E-state index contributed by atoms with van der Waals surface area (Å²) in [7, 11) is 2.01. The number of carbonyl (C=O) groups excluding carboxylic acids is 2. The SMILES string of the molecule is CN1C=CN2C=C(C=Cc3ccc4nccc(C(=O)NCC(=O)N5CC(F)(F)CC5C#N)c4c3)C=CC12. The van der Waals surface area contributed by atoms with E-state index in [1.807, 2.05) is 56.0 Å². The number of fused-ring (bicyclic) bond motifs is 2. The number of benzene rings is 1. The molecule has 3 aliphatic heterocycles. The van der Waals surface area contributed by atoms with Crippen LogP contribution in [0.5, 0.6) is 0 Å². The highest BCUT2D eigenvalue weighted by molar-refractivity contribution is 6.07. The number of alkyl halides is 2. The number of likely N-dealkylation sites (tertiary alicyclic amines) is 1. The summed E-state index contributed by atoms with van der Waals surface area (Å²) in [6.45, 7) is -1.32. The smallest absolute Gasteiger partial charge is 0.268 e. The van der Waals surface area contributed by atoms with Crippen molar-refractivity contribution in [3.8, 4) is 6.07 Å². The van der Waals surface area contributed by atoms with Crippen molar-refractivity contribution in [3.63, 3.8) is 0 Å². The predicted octanol–water partition coefficient (Wildman–Crippen LogP) is 3.24. The Kier molecular flexibility index (Phi) is 6.21. The van der Waals surface area contributed by atoms with E-state index in [2.05, 4.69) is 26.2 Å². The minimum Gasteiger partial charge on any atom is -0.356 e. The first-order chi connectivity index (χ1) is 17.7. The van der Waals surface area contributed by atoms with Gasteiger partial charge in [0.05, 0.1) is 30.2 Å². The van der Waals surface area contributed by atoms with Crippen LogP contribution in [0.4, 0.5) is 8.78 Å². The zero-order valence-corrected chi connectivity index (χ0v) is 20.0. The van der Waals surface area contributed by atoms with Crippen LogP contribution in [0.1, 0.15) is 22.3 Å². The molecule has 0 radical (unpaired) electrons. The van der Waals surface area contributed by atoms with Gasteiger partial charge in [-0.2, -0.15) is 5.26 Å². The van der Waals surface area contributed by atoms with E-state index in [1.54, 1.807) is 18.2 Å². The molecule has 8 nitrogen and oxygen atoms in total. The highest BCUT2D eigenvalue weighted by atomic mass is 19.3. The molecule has 0 spiro atoms. The van der Waals surface area contributed by atoms with Crippen LogP contribution >= 0.6 is 0 Å². The number of hydrogen-bond acceptors (Lipinski definition) is 6. The van der Waals surface area contributed by atoms with Gasteiger partial charge in [0.15, 0.2) is 0 Å². The molecule has 4 heterocycles. The van der Waals surface area contributed by atoms with E-state index < -0.39 is 43.3 Å². The predicted molar refractivity (Wildman–Crippen MR) is 134 cm³/mol. The van der Waals surface area contributed by atoms with Gasteiger partial charge in [-0.1, -0.05) is 24.3 Å². The lowest BCUT2D eigenvalue weighted by molar-refractivity contribution is -0.131. The fourth-order valence-corrected chi connectivity index (χ4v) is 4.64. The highest BCUT2D eigenvalue weighted by Crippen LogP contribution is 2.31. The van der Waals surface area contributed by atoms with Crippen LogP contribution in [0.15, 0.2) is 72.9 Å². The van der Waals surface area contributed by atoms with Crippen molar-refractivity contribution in [2.24, 2.45) is 0 Å². The zero-order valence-electron chi connectivity index (χ0n) is 20.0. The van der Waals surface area contributed by atoms with E-state index in [-0.39, 0.29) is 6.17 Å². The maximum absolute atomic E-state index is 13.7. The maximum atomic E-state index is 13.7. The average molecular weight is 503 g/mol. The topological polar surface area (TPSA) is 92.6 Å². The molecule has 2 unspecified atom stereocenters. The number of hydrogen-bond donors (Lipinski definition) is 1. The summed E-state index contributed by atoms with van der Waals surface area (Å²) in [6.07, 6.45) is 15.1. The first-order valence-corrected chi connectivity index (χ1v) is 11.7. The number of carbonyl (C=O) groups is 2. The van der Waals surface area contributed by atoms with Crippen LogP contribution in [-0.2, 0) is 4.79 Å². The molecule has 3 aliphatic rings. The van der Waals surface area contributed by atoms with E-state index in [0.717, 1.165) is 16.0 Å². The first-order valence-electron chi connectivity index (χ1n) is 11.7. The molecule has 2 amide bonds. The Morgan fingerprint density at radius 3 is 2.92 bits per heavy atom. The normalized spacial score (nSPS) is 21.9. The maximum Gasteiger partial charge on any atom is 0.268 e. The van der Waals surface area contributed by atoms with Crippen molar-refractivity contribution in [3.05, 3.63) is 84.0 Å². The molecular weight excluding hydrogens is 478 g/mol. The van der Waals surface area contributed by atoms with Crippen molar-refractivity contribution >= 4 is 28.8 Å². The van der Waals surface area contributed by atoms with Gasteiger partial charge in [-0.25, -0.2) is 8.78 Å². The molecule has 0 saturated carbocycles. The van der Waals surface area contributed by atoms with Crippen molar-refractivity contribution < 1.29 is 18.4 Å². The van der Waals surface area contributed by atoms with Gasteiger partial charge in [0.2, 0.25) is 5.91 Å². The van der Waals surface area contributed by atoms with Crippen molar-refractivity contribution in [1.29, 1.82) is 5.26 Å². The minimum atomic E-state index is -3.11. The van der Waals surface area contributed by atoms with Gasteiger partial charge in [-0.3, -0.25) is 14.6 Å².